The first-order valence-electron chi connectivity index (χ1n) is 8.17. The second kappa shape index (κ2) is 8.75. The Balaban J connectivity index is 1.92. The quantitative estimate of drug-likeness (QED) is 0.464. The number of nitro groups is 1. The molecule has 0 aliphatic carbocycles. The zero-order chi connectivity index (χ0) is 19.1. The van der Waals surface area contributed by atoms with E-state index in [1.54, 1.807) is 6.07 Å². The van der Waals surface area contributed by atoms with E-state index in [0.717, 1.165) is 5.56 Å². The minimum absolute atomic E-state index is 0.0471. The van der Waals surface area contributed by atoms with Crippen LogP contribution in [0, 0.1) is 10.1 Å². The van der Waals surface area contributed by atoms with Gasteiger partial charge in [-0.2, -0.15) is 0 Å². The first-order valence-corrected chi connectivity index (χ1v) is 8.17. The highest BCUT2D eigenvalue weighted by Crippen LogP contribution is 2.24. The molecule has 2 aromatic rings. The highest BCUT2D eigenvalue weighted by molar-refractivity contribution is 5.96. The second-order valence-corrected chi connectivity index (χ2v) is 5.91. The summed E-state index contributed by atoms with van der Waals surface area (Å²) in [6, 6.07) is 15.3. The Labute approximate surface area is 151 Å². The maximum atomic E-state index is 12.2. The summed E-state index contributed by atoms with van der Waals surface area (Å²) in [5.41, 5.74) is 0.835. The lowest BCUT2D eigenvalue weighted by Gasteiger charge is -2.16. The fraction of sp³-hybridized carbons (Fsp3) is 0.263. The summed E-state index contributed by atoms with van der Waals surface area (Å²) >= 11 is 0. The molecule has 136 valence electrons. The number of carbonyl (C=O) groups is 2. The molecule has 0 spiro atoms. The minimum atomic E-state index is -1.06. The maximum Gasteiger partial charge on any atom is 0.307 e. The Morgan fingerprint density at radius 3 is 2.35 bits per heavy atom. The van der Waals surface area contributed by atoms with Gasteiger partial charge in [0.25, 0.3) is 11.6 Å². The lowest BCUT2D eigenvalue weighted by Crippen LogP contribution is -2.30. The number of anilines is 1. The number of nitrogens with one attached hydrogen (secondary N) is 1. The zero-order valence-corrected chi connectivity index (χ0v) is 14.5. The summed E-state index contributed by atoms with van der Waals surface area (Å²) < 4.78 is 5.16. The maximum absolute atomic E-state index is 12.2. The molecule has 0 heterocycles. The summed E-state index contributed by atoms with van der Waals surface area (Å²) in [6.07, 6.45) is -0.932. The van der Waals surface area contributed by atoms with Crippen LogP contribution in [0.4, 0.5) is 11.4 Å². The predicted molar refractivity (Wildman–Crippen MR) is 96.8 cm³/mol. The molecule has 0 aromatic heterocycles. The summed E-state index contributed by atoms with van der Waals surface area (Å²) in [5, 5.41) is 13.4. The molecule has 26 heavy (non-hydrogen) atoms. The number of carbonyl (C=O) groups excluding carboxylic acids is 2. The molecule has 0 saturated heterocycles. The summed E-state index contributed by atoms with van der Waals surface area (Å²) in [6.45, 7) is 3.32. The molecule has 0 fully saturated rings. The van der Waals surface area contributed by atoms with Gasteiger partial charge in [0.15, 0.2) is 6.10 Å². The Bertz CT molecular complexity index is 792. The Morgan fingerprint density at radius 2 is 1.69 bits per heavy atom. The van der Waals surface area contributed by atoms with E-state index in [0.29, 0.717) is 0 Å². The fourth-order valence-electron chi connectivity index (χ4n) is 2.42. The van der Waals surface area contributed by atoms with Gasteiger partial charge in [0.1, 0.15) is 5.69 Å². The van der Waals surface area contributed by atoms with Crippen molar-refractivity contribution < 1.29 is 19.2 Å². The molecule has 0 radical (unpaired) electrons. The van der Waals surface area contributed by atoms with Gasteiger partial charge in [0.2, 0.25) is 0 Å². The fourth-order valence-corrected chi connectivity index (χ4v) is 2.42. The Kier molecular flexibility index (Phi) is 6.43. The summed E-state index contributed by atoms with van der Waals surface area (Å²) in [5.74, 6) is -1.18. The van der Waals surface area contributed by atoms with Crippen LogP contribution in [0.2, 0.25) is 0 Å². The van der Waals surface area contributed by atoms with Crippen molar-refractivity contribution in [2.75, 3.05) is 5.32 Å². The van der Waals surface area contributed by atoms with Crippen LogP contribution in [0.25, 0.3) is 0 Å². The van der Waals surface area contributed by atoms with Gasteiger partial charge in [-0.25, -0.2) is 0 Å². The average Bonchev–Trinajstić information content (AvgIpc) is 2.62. The molecule has 0 aliphatic heterocycles. The molecule has 0 unspecified atom stereocenters. The largest absolute Gasteiger partial charge is 0.453 e. The lowest BCUT2D eigenvalue weighted by molar-refractivity contribution is -0.383. The molecule has 1 amide bonds. The van der Waals surface area contributed by atoms with E-state index in [4.69, 9.17) is 4.74 Å². The molecular weight excluding hydrogens is 336 g/mol. The first kappa shape index (κ1) is 19.1. The highest BCUT2D eigenvalue weighted by atomic mass is 16.6. The van der Waals surface area contributed by atoms with E-state index in [2.05, 4.69) is 5.32 Å². The van der Waals surface area contributed by atoms with Crippen molar-refractivity contribution in [3.05, 3.63) is 70.3 Å². The predicted octanol–water partition coefficient (Wildman–Crippen LogP) is 3.66. The molecule has 2 atom stereocenters. The van der Waals surface area contributed by atoms with Gasteiger partial charge >= 0.3 is 5.97 Å². The van der Waals surface area contributed by atoms with Crippen molar-refractivity contribution in [3.8, 4) is 0 Å². The smallest absolute Gasteiger partial charge is 0.307 e. The zero-order valence-electron chi connectivity index (χ0n) is 14.5. The van der Waals surface area contributed by atoms with Gasteiger partial charge in [-0.1, -0.05) is 49.4 Å². The van der Waals surface area contributed by atoms with E-state index in [9.17, 15) is 19.7 Å². The summed E-state index contributed by atoms with van der Waals surface area (Å²) in [4.78, 5) is 34.6. The number of hydrogen-bond donors (Lipinski definition) is 1. The summed E-state index contributed by atoms with van der Waals surface area (Å²) in [7, 11) is 0. The van der Waals surface area contributed by atoms with Crippen LogP contribution in [-0.4, -0.2) is 22.9 Å². The minimum Gasteiger partial charge on any atom is -0.453 e. The van der Waals surface area contributed by atoms with Gasteiger partial charge in [-0.15, -0.1) is 0 Å². The molecule has 2 aromatic carbocycles. The van der Waals surface area contributed by atoms with E-state index in [-0.39, 0.29) is 23.7 Å². The highest BCUT2D eigenvalue weighted by Gasteiger charge is 2.22. The molecule has 0 aliphatic rings. The van der Waals surface area contributed by atoms with Gasteiger partial charge < -0.3 is 10.1 Å². The van der Waals surface area contributed by atoms with Crippen molar-refractivity contribution >= 4 is 23.3 Å². The van der Waals surface area contributed by atoms with E-state index in [1.165, 1.54) is 25.1 Å². The molecule has 0 bridgehead atoms. The van der Waals surface area contributed by atoms with Crippen molar-refractivity contribution in [1.82, 2.24) is 0 Å². The Hall–Kier alpha value is -3.22. The second-order valence-electron chi connectivity index (χ2n) is 5.91. The standard InChI is InChI=1S/C19H20N2O5/c1-13(15-8-4-3-5-9-15)12-18(22)26-14(2)19(23)20-16-10-6-7-11-17(16)21(24)25/h3-11,13-14H,12H2,1-2H3,(H,20,23)/t13-,14+/m1/s1. The van der Waals surface area contributed by atoms with Crippen molar-refractivity contribution in [3.63, 3.8) is 0 Å². The van der Waals surface area contributed by atoms with E-state index in [1.807, 2.05) is 37.3 Å². The third kappa shape index (κ3) is 5.14. The number of nitro benzene ring substituents is 1. The molecule has 2 rings (SSSR count). The monoisotopic (exact) mass is 356 g/mol. The van der Waals surface area contributed by atoms with Crippen molar-refractivity contribution in [2.24, 2.45) is 0 Å². The molecule has 1 N–H and O–H groups in total. The third-order valence-electron chi connectivity index (χ3n) is 3.88. The van der Waals surface area contributed by atoms with Crippen LogP contribution in [0.15, 0.2) is 54.6 Å². The van der Waals surface area contributed by atoms with Crippen molar-refractivity contribution in [1.29, 1.82) is 0 Å². The van der Waals surface area contributed by atoms with Gasteiger partial charge in [0, 0.05) is 6.07 Å². The van der Waals surface area contributed by atoms with Crippen LogP contribution in [-0.2, 0) is 14.3 Å². The van der Waals surface area contributed by atoms with Crippen LogP contribution < -0.4 is 5.32 Å². The van der Waals surface area contributed by atoms with Gasteiger partial charge in [-0.3, -0.25) is 19.7 Å². The number of para-hydroxylation sites is 2. The number of nitrogens with zero attached hydrogens (tertiary/aromatic N) is 1. The third-order valence-corrected chi connectivity index (χ3v) is 3.88. The van der Waals surface area contributed by atoms with Crippen LogP contribution in [0.1, 0.15) is 31.7 Å². The normalized spacial score (nSPS) is 12.7. The van der Waals surface area contributed by atoms with Crippen LogP contribution >= 0.6 is 0 Å². The number of ether oxygens (including phenoxy) is 1. The van der Waals surface area contributed by atoms with Crippen LogP contribution in [0.5, 0.6) is 0 Å². The molecule has 7 nitrogen and oxygen atoms in total. The van der Waals surface area contributed by atoms with E-state index >= 15 is 0 Å². The molecule has 0 saturated carbocycles. The van der Waals surface area contributed by atoms with Gasteiger partial charge in [-0.05, 0) is 24.5 Å². The number of amides is 1. The number of hydrogen-bond acceptors (Lipinski definition) is 5. The first-order chi connectivity index (χ1) is 12.4. The number of benzene rings is 2. The van der Waals surface area contributed by atoms with Crippen molar-refractivity contribution in [2.45, 2.75) is 32.3 Å². The van der Waals surface area contributed by atoms with E-state index < -0.39 is 22.9 Å². The van der Waals surface area contributed by atoms with Crippen LogP contribution in [0.3, 0.4) is 0 Å². The Morgan fingerprint density at radius 1 is 1.08 bits per heavy atom. The lowest BCUT2D eigenvalue weighted by atomic mass is 9.98. The van der Waals surface area contributed by atoms with Gasteiger partial charge in [0.05, 0.1) is 11.3 Å². The molecular formula is C19H20N2O5. The topological polar surface area (TPSA) is 98.5 Å². The number of rotatable bonds is 7. The molecule has 7 heteroatoms. The number of esters is 1. The SMILES string of the molecule is C[C@H](OC(=O)C[C@@H](C)c1ccccc1)C(=O)Nc1ccccc1[N+](=O)[O-]. The average molecular weight is 356 g/mol.